The number of hydrogen-bond acceptors (Lipinski definition) is 5. The maximum Gasteiger partial charge on any atom is 0.186 e. The van der Waals surface area contributed by atoms with Crippen molar-refractivity contribution in [3.63, 3.8) is 0 Å². The predicted molar refractivity (Wildman–Crippen MR) is 182 cm³/mol. The Hall–Kier alpha value is -2.92. The van der Waals surface area contributed by atoms with Gasteiger partial charge in [-0.3, -0.25) is 19.2 Å². The molecule has 0 aromatic rings. The molecule has 0 heterocycles. The first-order chi connectivity index (χ1) is 20.5. The van der Waals surface area contributed by atoms with Crippen molar-refractivity contribution in [1.29, 1.82) is 0 Å². The third-order valence-corrected chi connectivity index (χ3v) is 8.82. The number of hydrogen-bond donors (Lipinski definition) is 1. The molecule has 2 aliphatic rings. The number of carbonyl (C=O) groups excluding carboxylic acids is 4. The second-order valence-corrected chi connectivity index (χ2v) is 13.5. The molecule has 2 rings (SSSR count). The number of allylic oxidation sites excluding steroid dienone is 12. The van der Waals surface area contributed by atoms with Crippen LogP contribution in [0, 0.1) is 5.41 Å². The van der Waals surface area contributed by atoms with Crippen molar-refractivity contribution in [3.8, 4) is 0 Å². The largest absolute Gasteiger partial charge is 0.396 e. The second kappa shape index (κ2) is 18.1. The van der Waals surface area contributed by atoms with E-state index < -0.39 is 0 Å². The van der Waals surface area contributed by atoms with Crippen LogP contribution in [0.5, 0.6) is 0 Å². The molecule has 0 aliphatic heterocycles. The quantitative estimate of drug-likeness (QED) is 0.128. The van der Waals surface area contributed by atoms with Gasteiger partial charge < -0.3 is 5.11 Å². The third-order valence-electron chi connectivity index (χ3n) is 8.82. The predicted octanol–water partition coefficient (Wildman–Crippen LogP) is 9.41. The van der Waals surface area contributed by atoms with Crippen LogP contribution in [0.25, 0.3) is 0 Å². The summed E-state index contributed by atoms with van der Waals surface area (Å²) < 4.78 is 0. The maximum atomic E-state index is 12.8. The molecule has 0 spiro atoms. The van der Waals surface area contributed by atoms with E-state index in [9.17, 15) is 19.2 Å². The maximum absolute atomic E-state index is 12.8. The molecule has 0 aromatic heterocycles. The number of aliphatic hydroxyl groups excluding tert-OH is 1. The van der Waals surface area contributed by atoms with Crippen LogP contribution in [0.4, 0.5) is 0 Å². The van der Waals surface area contributed by atoms with Crippen LogP contribution in [-0.4, -0.2) is 34.8 Å². The number of ketones is 4. The van der Waals surface area contributed by atoms with Gasteiger partial charge in [0.2, 0.25) is 0 Å². The van der Waals surface area contributed by atoms with Crippen molar-refractivity contribution in [2.45, 2.75) is 140 Å². The van der Waals surface area contributed by atoms with Gasteiger partial charge in [-0.25, -0.2) is 0 Å². The van der Waals surface area contributed by atoms with Gasteiger partial charge in [-0.1, -0.05) is 70.3 Å². The molecule has 0 bridgehead atoms. The Bertz CT molecular complexity index is 1300. The zero-order valence-electron chi connectivity index (χ0n) is 29.5. The summed E-state index contributed by atoms with van der Waals surface area (Å²) in [6.07, 6.45) is 14.0. The van der Waals surface area contributed by atoms with E-state index in [0.29, 0.717) is 57.4 Å². The second-order valence-electron chi connectivity index (χ2n) is 13.5. The summed E-state index contributed by atoms with van der Waals surface area (Å²) in [7, 11) is 0. The smallest absolute Gasteiger partial charge is 0.186 e. The highest BCUT2D eigenvalue weighted by atomic mass is 16.3. The first-order valence-corrected chi connectivity index (χ1v) is 16.4. The number of carbonyl (C=O) groups is 4. The summed E-state index contributed by atoms with van der Waals surface area (Å²) in [5.74, 6) is 0.0816. The van der Waals surface area contributed by atoms with Crippen LogP contribution in [0.15, 0.2) is 67.9 Å². The lowest BCUT2D eigenvalue weighted by Crippen LogP contribution is -2.29. The van der Waals surface area contributed by atoms with E-state index in [-0.39, 0.29) is 35.2 Å². The molecule has 0 saturated heterocycles. The fraction of sp³-hybridized carbons (Fsp3) is 0.590. The normalized spacial score (nSPS) is 17.3. The zero-order valence-corrected chi connectivity index (χ0v) is 29.5. The Morgan fingerprint density at radius 2 is 1.02 bits per heavy atom. The fourth-order valence-electron chi connectivity index (χ4n) is 5.50. The highest BCUT2D eigenvalue weighted by molar-refractivity contribution is 6.25. The van der Waals surface area contributed by atoms with Crippen LogP contribution < -0.4 is 0 Å². The summed E-state index contributed by atoms with van der Waals surface area (Å²) in [5, 5.41) is 8.75. The van der Waals surface area contributed by atoms with E-state index in [1.165, 1.54) is 36.8 Å². The Kier molecular flexibility index (Phi) is 16.1. The molecule has 5 heteroatoms. The SMILES string of the molecule is CC1=C(C)C(=O)C(C/C=C(\C)CCCCO)=C(C)C1=O.CCCCCC/C(C)=C/CC1=C(C(C)(C)C)C(=O)C(C)=C(C)C1=O. The minimum absolute atomic E-state index is 0.000918. The van der Waals surface area contributed by atoms with Crippen LogP contribution in [-0.2, 0) is 19.2 Å². The highest BCUT2D eigenvalue weighted by Crippen LogP contribution is 2.37. The topological polar surface area (TPSA) is 88.5 Å². The molecule has 0 atom stereocenters. The van der Waals surface area contributed by atoms with Gasteiger partial charge in [0.15, 0.2) is 23.1 Å². The Balaban J connectivity index is 0.000000447. The summed E-state index contributed by atoms with van der Waals surface area (Å²) >= 11 is 0. The van der Waals surface area contributed by atoms with E-state index in [1.54, 1.807) is 34.6 Å². The Morgan fingerprint density at radius 3 is 1.50 bits per heavy atom. The molecular weight excluding hydrogens is 548 g/mol. The van der Waals surface area contributed by atoms with Crippen molar-refractivity contribution in [2.75, 3.05) is 6.61 Å². The van der Waals surface area contributed by atoms with Gasteiger partial charge in [-0.2, -0.15) is 0 Å². The number of aliphatic hydroxyl groups is 1. The van der Waals surface area contributed by atoms with Crippen molar-refractivity contribution in [1.82, 2.24) is 0 Å². The van der Waals surface area contributed by atoms with E-state index in [1.807, 2.05) is 33.8 Å². The summed E-state index contributed by atoms with van der Waals surface area (Å²) in [6, 6.07) is 0. The number of rotatable bonds is 13. The minimum atomic E-state index is -0.313. The standard InChI is InChI=1S/C22H34O2.C17H24O3/c1-8-9-10-11-12-15(2)13-14-18-19(22(5,6)7)21(24)17(4)16(3)20(18)23;1-11(7-5-6-10-18)8-9-15-14(4)16(19)12(2)13(3)17(15)20/h13H,8-12,14H2,1-7H3;8,18H,5-7,9-10H2,1-4H3/b15-13+;11-8+. The van der Waals surface area contributed by atoms with Gasteiger partial charge >= 0.3 is 0 Å². The van der Waals surface area contributed by atoms with Gasteiger partial charge in [-0.15, -0.1) is 0 Å². The molecule has 0 unspecified atom stereocenters. The molecule has 44 heavy (non-hydrogen) atoms. The lowest BCUT2D eigenvalue weighted by molar-refractivity contribution is -0.117. The van der Waals surface area contributed by atoms with Gasteiger partial charge in [0, 0.05) is 51.2 Å². The van der Waals surface area contributed by atoms with E-state index in [0.717, 1.165) is 25.7 Å². The molecule has 0 saturated carbocycles. The van der Waals surface area contributed by atoms with Crippen molar-refractivity contribution in [2.24, 2.45) is 5.41 Å². The van der Waals surface area contributed by atoms with Crippen molar-refractivity contribution >= 4 is 23.1 Å². The molecule has 0 fully saturated rings. The Labute approximate surface area is 267 Å². The van der Waals surface area contributed by atoms with Crippen LogP contribution in [0.2, 0.25) is 0 Å². The number of unbranched alkanes of at least 4 members (excludes halogenated alkanes) is 4. The molecule has 1 N–H and O–H groups in total. The molecule has 0 amide bonds. The van der Waals surface area contributed by atoms with E-state index >= 15 is 0 Å². The van der Waals surface area contributed by atoms with Gasteiger partial charge in [0.05, 0.1) is 0 Å². The first-order valence-electron chi connectivity index (χ1n) is 16.4. The first kappa shape index (κ1) is 39.1. The van der Waals surface area contributed by atoms with Gasteiger partial charge in [0.25, 0.3) is 0 Å². The van der Waals surface area contributed by atoms with Gasteiger partial charge in [-0.05, 0) is 98.8 Å². The van der Waals surface area contributed by atoms with Gasteiger partial charge in [0.1, 0.15) is 0 Å². The van der Waals surface area contributed by atoms with Crippen LogP contribution in [0.1, 0.15) is 140 Å². The summed E-state index contributed by atoms with van der Waals surface area (Å²) in [4.78, 5) is 49.8. The van der Waals surface area contributed by atoms with E-state index in [2.05, 4.69) is 19.9 Å². The third kappa shape index (κ3) is 10.9. The Morgan fingerprint density at radius 1 is 0.591 bits per heavy atom. The molecular formula is C39H58O5. The zero-order chi connectivity index (χ0) is 33.8. The minimum Gasteiger partial charge on any atom is -0.396 e. The van der Waals surface area contributed by atoms with Crippen molar-refractivity contribution in [3.05, 3.63) is 67.9 Å². The van der Waals surface area contributed by atoms with E-state index in [4.69, 9.17) is 5.11 Å². The lowest BCUT2D eigenvalue weighted by atomic mass is 9.73. The molecule has 0 aromatic carbocycles. The molecule has 0 radical (unpaired) electrons. The summed E-state index contributed by atoms with van der Waals surface area (Å²) in [6.45, 7) is 21.4. The van der Waals surface area contributed by atoms with Crippen LogP contribution in [0.3, 0.4) is 0 Å². The monoisotopic (exact) mass is 606 g/mol. The average Bonchev–Trinajstić information content (AvgIpc) is 2.97. The fourth-order valence-corrected chi connectivity index (χ4v) is 5.50. The highest BCUT2D eigenvalue weighted by Gasteiger charge is 2.35. The summed E-state index contributed by atoms with van der Waals surface area (Å²) in [5.41, 5.74) is 7.16. The van der Waals surface area contributed by atoms with Crippen molar-refractivity contribution < 1.29 is 24.3 Å². The lowest BCUT2D eigenvalue weighted by Gasteiger charge is -2.29. The number of Topliss-reactive ketones (excluding diaryl/α,β-unsaturated/α-hetero) is 4. The molecule has 5 nitrogen and oxygen atoms in total. The molecule has 244 valence electrons. The average molecular weight is 607 g/mol. The van der Waals surface area contributed by atoms with Crippen LogP contribution >= 0.6 is 0 Å². The molecule has 2 aliphatic carbocycles.